The summed E-state index contributed by atoms with van der Waals surface area (Å²) in [7, 11) is 0. The maximum Gasteiger partial charge on any atom is 0.266 e. The van der Waals surface area contributed by atoms with Crippen LogP contribution >= 0.6 is 11.3 Å². The summed E-state index contributed by atoms with van der Waals surface area (Å²) >= 11 is 1.41. The van der Waals surface area contributed by atoms with Crippen LogP contribution in [0.5, 0.6) is 0 Å². The van der Waals surface area contributed by atoms with Crippen molar-refractivity contribution < 1.29 is 9.59 Å². The molecule has 1 atom stereocenters. The second-order valence-corrected chi connectivity index (χ2v) is 8.76. The van der Waals surface area contributed by atoms with Crippen LogP contribution in [0.15, 0.2) is 0 Å². The van der Waals surface area contributed by atoms with Gasteiger partial charge in [-0.3, -0.25) is 9.59 Å². The van der Waals surface area contributed by atoms with Crippen LogP contribution in [0.25, 0.3) is 0 Å². The Morgan fingerprint density at radius 3 is 2.73 bits per heavy atom. The second-order valence-electron chi connectivity index (χ2n) is 7.77. The molecule has 1 aromatic heterocycles. The third kappa shape index (κ3) is 4.19. The minimum absolute atomic E-state index is 0.0101. The summed E-state index contributed by atoms with van der Waals surface area (Å²) in [6.45, 7) is 10.9. The highest BCUT2D eigenvalue weighted by atomic mass is 32.1. The highest BCUT2D eigenvalue weighted by Crippen LogP contribution is 2.32. The molecule has 6 nitrogen and oxygen atoms in total. The zero-order valence-corrected chi connectivity index (χ0v) is 17.1. The normalized spacial score (nSPS) is 21.3. The van der Waals surface area contributed by atoms with E-state index in [-0.39, 0.29) is 17.9 Å². The van der Waals surface area contributed by atoms with E-state index in [2.05, 4.69) is 29.0 Å². The van der Waals surface area contributed by atoms with Gasteiger partial charge in [-0.15, -0.1) is 0 Å². The Balaban J connectivity index is 1.79. The fourth-order valence-corrected chi connectivity index (χ4v) is 4.51. The molecular formula is C19H30N4O2S. The summed E-state index contributed by atoms with van der Waals surface area (Å²) < 4.78 is 0. The molecule has 1 aliphatic carbocycles. The zero-order valence-electron chi connectivity index (χ0n) is 16.2. The Kier molecular flexibility index (Phi) is 5.85. The van der Waals surface area contributed by atoms with Gasteiger partial charge in [0.05, 0.1) is 11.7 Å². The van der Waals surface area contributed by atoms with E-state index in [0.717, 1.165) is 23.9 Å². The summed E-state index contributed by atoms with van der Waals surface area (Å²) in [6.07, 6.45) is 2.87. The minimum Gasteiger partial charge on any atom is -0.362 e. The van der Waals surface area contributed by atoms with Gasteiger partial charge in [-0.2, -0.15) is 0 Å². The van der Waals surface area contributed by atoms with Gasteiger partial charge in [-0.05, 0) is 38.5 Å². The number of carbonyl (C=O) groups excluding carboxylic acids is 2. The fourth-order valence-electron chi connectivity index (χ4n) is 3.51. The molecule has 0 spiro atoms. The topological polar surface area (TPSA) is 65.5 Å². The number of carbonyl (C=O) groups is 2. The number of aryl methyl sites for hydroxylation is 1. The third-order valence-corrected chi connectivity index (χ3v) is 6.35. The summed E-state index contributed by atoms with van der Waals surface area (Å²) in [6, 6.07) is 0.0935. The molecule has 1 saturated heterocycles. The third-order valence-electron chi connectivity index (χ3n) is 5.25. The van der Waals surface area contributed by atoms with Gasteiger partial charge in [0.2, 0.25) is 5.91 Å². The molecular weight excluding hydrogens is 348 g/mol. The number of aromatic nitrogens is 1. The quantitative estimate of drug-likeness (QED) is 0.826. The molecule has 2 heterocycles. The van der Waals surface area contributed by atoms with Crippen LogP contribution in [0.2, 0.25) is 0 Å². The maximum atomic E-state index is 13.1. The smallest absolute Gasteiger partial charge is 0.266 e. The molecule has 1 aromatic rings. The average molecular weight is 379 g/mol. The Hall–Kier alpha value is -1.63. The van der Waals surface area contributed by atoms with Gasteiger partial charge in [0.15, 0.2) is 5.13 Å². The molecule has 0 radical (unpaired) electrons. The first kappa shape index (κ1) is 19.1. The SMILES string of the molecule is CCNc1nc(C)c(C(=O)N2CCC(=O)N(CC3CC3)[C@H](C(C)C)C2)s1. The van der Waals surface area contributed by atoms with Gasteiger partial charge in [-0.1, -0.05) is 25.2 Å². The zero-order chi connectivity index (χ0) is 18.8. The minimum atomic E-state index is 0.0101. The number of thiazole rings is 1. The molecule has 7 heteroatoms. The van der Waals surface area contributed by atoms with E-state index in [0.29, 0.717) is 36.2 Å². The molecule has 1 saturated carbocycles. The standard InChI is InChI=1S/C19H30N4O2S/c1-5-20-19-21-13(4)17(26-19)18(25)22-9-8-16(24)23(10-14-6-7-14)15(11-22)12(2)3/h12,14-15H,5-11H2,1-4H3,(H,20,21)/t15-/m0/s1. The lowest BCUT2D eigenvalue weighted by molar-refractivity contribution is -0.133. The predicted octanol–water partition coefficient (Wildman–Crippen LogP) is 2.99. The van der Waals surface area contributed by atoms with Crippen LogP contribution in [0.3, 0.4) is 0 Å². The van der Waals surface area contributed by atoms with E-state index >= 15 is 0 Å². The van der Waals surface area contributed by atoms with Crippen LogP contribution in [0, 0.1) is 18.8 Å². The van der Waals surface area contributed by atoms with Crippen molar-refractivity contribution in [3.8, 4) is 0 Å². The number of anilines is 1. The first-order valence-corrected chi connectivity index (χ1v) is 10.5. The van der Waals surface area contributed by atoms with Crippen LogP contribution in [-0.4, -0.2) is 58.8 Å². The van der Waals surface area contributed by atoms with Crippen LogP contribution in [0.1, 0.15) is 55.4 Å². The van der Waals surface area contributed by atoms with Crippen LogP contribution < -0.4 is 5.32 Å². The second kappa shape index (κ2) is 7.94. The van der Waals surface area contributed by atoms with Crippen molar-refractivity contribution in [2.24, 2.45) is 11.8 Å². The Bertz CT molecular complexity index is 668. The number of amides is 2. The molecule has 2 fully saturated rings. The van der Waals surface area contributed by atoms with Crippen molar-refractivity contribution in [2.45, 2.75) is 53.0 Å². The average Bonchev–Trinajstić information content (AvgIpc) is 3.36. The van der Waals surface area contributed by atoms with Gasteiger partial charge in [0.1, 0.15) is 4.88 Å². The highest BCUT2D eigenvalue weighted by molar-refractivity contribution is 7.17. The lowest BCUT2D eigenvalue weighted by Crippen LogP contribution is -2.48. The number of nitrogens with one attached hydrogen (secondary N) is 1. The van der Waals surface area contributed by atoms with Gasteiger partial charge < -0.3 is 15.1 Å². The monoisotopic (exact) mass is 378 g/mol. The largest absolute Gasteiger partial charge is 0.362 e. The number of hydrogen-bond donors (Lipinski definition) is 1. The molecule has 2 aliphatic rings. The summed E-state index contributed by atoms with van der Waals surface area (Å²) in [4.78, 5) is 34.9. The van der Waals surface area contributed by atoms with Crippen LogP contribution in [-0.2, 0) is 4.79 Å². The van der Waals surface area contributed by atoms with E-state index in [9.17, 15) is 9.59 Å². The van der Waals surface area contributed by atoms with Crippen molar-refractivity contribution in [1.82, 2.24) is 14.8 Å². The predicted molar refractivity (Wildman–Crippen MR) is 105 cm³/mol. The number of nitrogens with zero attached hydrogens (tertiary/aromatic N) is 3. The lowest BCUT2D eigenvalue weighted by Gasteiger charge is -2.34. The first-order valence-electron chi connectivity index (χ1n) is 9.70. The molecule has 0 aromatic carbocycles. The Morgan fingerprint density at radius 2 is 2.12 bits per heavy atom. The van der Waals surface area contributed by atoms with Crippen molar-refractivity contribution in [1.29, 1.82) is 0 Å². The van der Waals surface area contributed by atoms with Crippen molar-refractivity contribution >= 4 is 28.3 Å². The van der Waals surface area contributed by atoms with Gasteiger partial charge >= 0.3 is 0 Å². The Labute approximate surface area is 160 Å². The van der Waals surface area contributed by atoms with E-state index in [1.807, 2.05) is 18.7 Å². The van der Waals surface area contributed by atoms with Crippen molar-refractivity contribution in [2.75, 3.05) is 31.5 Å². The molecule has 144 valence electrons. The molecule has 0 bridgehead atoms. The summed E-state index contributed by atoms with van der Waals surface area (Å²) in [5.41, 5.74) is 0.766. The van der Waals surface area contributed by atoms with Gasteiger partial charge in [-0.25, -0.2) is 4.98 Å². The van der Waals surface area contributed by atoms with Gasteiger partial charge in [0, 0.05) is 32.6 Å². The highest BCUT2D eigenvalue weighted by Gasteiger charge is 2.37. The summed E-state index contributed by atoms with van der Waals surface area (Å²) in [5.74, 6) is 1.19. The van der Waals surface area contributed by atoms with E-state index < -0.39 is 0 Å². The molecule has 26 heavy (non-hydrogen) atoms. The molecule has 2 amide bonds. The van der Waals surface area contributed by atoms with Crippen molar-refractivity contribution in [3.05, 3.63) is 10.6 Å². The number of hydrogen-bond acceptors (Lipinski definition) is 5. The summed E-state index contributed by atoms with van der Waals surface area (Å²) in [5, 5.41) is 3.97. The molecule has 1 N–H and O–H groups in total. The van der Waals surface area contributed by atoms with E-state index in [4.69, 9.17) is 0 Å². The first-order chi connectivity index (χ1) is 12.4. The van der Waals surface area contributed by atoms with Crippen LogP contribution in [0.4, 0.5) is 5.13 Å². The fraction of sp³-hybridized carbons (Fsp3) is 0.737. The Morgan fingerprint density at radius 1 is 1.38 bits per heavy atom. The molecule has 1 aliphatic heterocycles. The molecule has 3 rings (SSSR count). The van der Waals surface area contributed by atoms with E-state index in [1.54, 1.807) is 0 Å². The molecule has 0 unspecified atom stereocenters. The van der Waals surface area contributed by atoms with E-state index in [1.165, 1.54) is 24.2 Å². The number of rotatable bonds is 6. The van der Waals surface area contributed by atoms with Gasteiger partial charge in [0.25, 0.3) is 5.91 Å². The van der Waals surface area contributed by atoms with Crippen molar-refractivity contribution in [3.63, 3.8) is 0 Å². The lowest BCUT2D eigenvalue weighted by atomic mass is 10.0. The maximum absolute atomic E-state index is 13.1.